The van der Waals surface area contributed by atoms with Crippen LogP contribution in [0.5, 0.6) is 0 Å². The molecule has 6 heteroatoms. The zero-order chi connectivity index (χ0) is 17.6. The number of hydrogen-bond acceptors (Lipinski definition) is 4. The molecule has 0 aromatic carbocycles. The van der Waals surface area contributed by atoms with Crippen molar-refractivity contribution in [3.05, 3.63) is 18.0 Å². The van der Waals surface area contributed by atoms with Gasteiger partial charge >= 0.3 is 0 Å². The van der Waals surface area contributed by atoms with Gasteiger partial charge in [-0.25, -0.2) is 0 Å². The fourth-order valence-corrected chi connectivity index (χ4v) is 3.97. The summed E-state index contributed by atoms with van der Waals surface area (Å²) in [5.74, 6) is 0.735. The Balaban J connectivity index is 1.46. The first kappa shape index (κ1) is 18.4. The number of carbonyl (C=O) groups is 1. The smallest absolute Gasteiger partial charge is 0.224 e. The molecule has 25 heavy (non-hydrogen) atoms. The minimum Gasteiger partial charge on any atom is -0.372 e. The summed E-state index contributed by atoms with van der Waals surface area (Å²) in [6.45, 7) is 5.66. The first-order chi connectivity index (χ1) is 12.1. The van der Waals surface area contributed by atoms with Crippen molar-refractivity contribution < 1.29 is 9.53 Å². The highest BCUT2D eigenvalue weighted by molar-refractivity contribution is 5.76. The first-order valence-electron chi connectivity index (χ1n) is 9.76. The Morgan fingerprint density at radius 3 is 2.80 bits per heavy atom. The molecule has 2 aliphatic heterocycles. The summed E-state index contributed by atoms with van der Waals surface area (Å²) < 4.78 is 7.84. The van der Waals surface area contributed by atoms with Gasteiger partial charge in [0.25, 0.3) is 0 Å². The number of hydrogen-bond donors (Lipinski definition) is 1. The van der Waals surface area contributed by atoms with Crippen LogP contribution in [0.25, 0.3) is 0 Å². The van der Waals surface area contributed by atoms with Crippen molar-refractivity contribution in [2.24, 2.45) is 13.0 Å². The Labute approximate surface area is 150 Å². The maximum atomic E-state index is 12.5. The molecule has 1 aromatic rings. The van der Waals surface area contributed by atoms with E-state index in [1.807, 2.05) is 24.0 Å². The van der Waals surface area contributed by atoms with Crippen molar-refractivity contribution >= 4 is 5.91 Å². The normalized spacial score (nSPS) is 25.8. The van der Waals surface area contributed by atoms with Gasteiger partial charge in [0.15, 0.2) is 0 Å². The van der Waals surface area contributed by atoms with Gasteiger partial charge in [0, 0.05) is 57.9 Å². The SMILES string of the molecule is CC(CC(=O)N1CCCCCC1)NC[C@@H]1CCO[C@H]1c1ccnn1C. The second-order valence-corrected chi connectivity index (χ2v) is 7.53. The van der Waals surface area contributed by atoms with E-state index < -0.39 is 0 Å². The molecular formula is C19H32N4O2. The minimum absolute atomic E-state index is 0.105. The topological polar surface area (TPSA) is 59.4 Å². The molecule has 0 bridgehead atoms. The lowest BCUT2D eigenvalue weighted by Gasteiger charge is -2.24. The van der Waals surface area contributed by atoms with Crippen molar-refractivity contribution in [2.75, 3.05) is 26.2 Å². The monoisotopic (exact) mass is 348 g/mol. The van der Waals surface area contributed by atoms with Crippen LogP contribution in [-0.2, 0) is 16.6 Å². The van der Waals surface area contributed by atoms with Crippen LogP contribution in [0.15, 0.2) is 12.3 Å². The van der Waals surface area contributed by atoms with Gasteiger partial charge in [-0.2, -0.15) is 5.10 Å². The molecule has 6 nitrogen and oxygen atoms in total. The van der Waals surface area contributed by atoms with Gasteiger partial charge in [0.05, 0.1) is 5.69 Å². The lowest BCUT2D eigenvalue weighted by Crippen LogP contribution is -2.39. The van der Waals surface area contributed by atoms with Crippen LogP contribution < -0.4 is 5.32 Å². The second-order valence-electron chi connectivity index (χ2n) is 7.53. The third-order valence-corrected chi connectivity index (χ3v) is 5.53. The minimum atomic E-state index is 0.105. The molecule has 1 unspecified atom stereocenters. The maximum Gasteiger partial charge on any atom is 0.224 e. The number of aryl methyl sites for hydroxylation is 1. The van der Waals surface area contributed by atoms with Crippen LogP contribution in [0.4, 0.5) is 0 Å². The van der Waals surface area contributed by atoms with E-state index >= 15 is 0 Å². The number of amides is 1. The lowest BCUT2D eigenvalue weighted by molar-refractivity contribution is -0.131. The molecule has 1 N–H and O–H groups in total. The fourth-order valence-electron chi connectivity index (χ4n) is 3.97. The molecule has 2 saturated heterocycles. The Hall–Kier alpha value is -1.40. The van der Waals surface area contributed by atoms with Crippen LogP contribution in [-0.4, -0.2) is 52.9 Å². The Morgan fingerprint density at radius 2 is 2.12 bits per heavy atom. The van der Waals surface area contributed by atoms with Crippen molar-refractivity contribution in [3.63, 3.8) is 0 Å². The maximum absolute atomic E-state index is 12.5. The van der Waals surface area contributed by atoms with Crippen LogP contribution >= 0.6 is 0 Å². The number of carbonyl (C=O) groups excluding carboxylic acids is 1. The number of nitrogens with zero attached hydrogens (tertiary/aromatic N) is 3. The Kier molecular flexibility index (Phi) is 6.48. The average Bonchev–Trinajstić information content (AvgIpc) is 3.12. The zero-order valence-electron chi connectivity index (χ0n) is 15.6. The molecule has 0 saturated carbocycles. The van der Waals surface area contributed by atoms with Gasteiger partial charge in [0.1, 0.15) is 6.10 Å². The van der Waals surface area contributed by atoms with E-state index in [4.69, 9.17) is 4.74 Å². The van der Waals surface area contributed by atoms with Crippen LogP contribution in [0.1, 0.15) is 57.2 Å². The van der Waals surface area contributed by atoms with E-state index in [0.29, 0.717) is 18.2 Å². The molecule has 0 spiro atoms. The van der Waals surface area contributed by atoms with Gasteiger partial charge in [-0.1, -0.05) is 12.8 Å². The summed E-state index contributed by atoms with van der Waals surface area (Å²) in [6, 6.07) is 2.23. The number of ether oxygens (including phenoxy) is 1. The highest BCUT2D eigenvalue weighted by atomic mass is 16.5. The molecular weight excluding hydrogens is 316 g/mol. The summed E-state index contributed by atoms with van der Waals surface area (Å²) in [5, 5.41) is 7.82. The lowest BCUT2D eigenvalue weighted by atomic mass is 9.98. The number of aromatic nitrogens is 2. The van der Waals surface area contributed by atoms with Gasteiger partial charge in [-0.05, 0) is 32.3 Å². The number of likely N-dealkylation sites (tertiary alicyclic amines) is 1. The second kappa shape index (κ2) is 8.81. The zero-order valence-corrected chi connectivity index (χ0v) is 15.6. The third kappa shape index (κ3) is 4.82. The van der Waals surface area contributed by atoms with Gasteiger partial charge in [0.2, 0.25) is 5.91 Å². The molecule has 3 rings (SSSR count). The molecule has 1 amide bonds. The summed E-state index contributed by atoms with van der Waals surface area (Å²) in [6.07, 6.45) is 8.39. The quantitative estimate of drug-likeness (QED) is 0.857. The standard InChI is InChI=1S/C19H32N4O2/c1-15(13-18(24)23-10-5-3-4-6-11-23)20-14-16-8-12-25-19(16)17-7-9-21-22(17)2/h7,9,15-16,19-20H,3-6,8,10-14H2,1-2H3/t15?,16-,19+/m0/s1. The molecule has 0 radical (unpaired) electrons. The van der Waals surface area contributed by atoms with Crippen molar-refractivity contribution in [1.82, 2.24) is 20.0 Å². The average molecular weight is 348 g/mol. The Morgan fingerprint density at radius 1 is 1.36 bits per heavy atom. The number of nitrogens with one attached hydrogen (secondary N) is 1. The van der Waals surface area contributed by atoms with E-state index in [1.165, 1.54) is 12.8 Å². The highest BCUT2D eigenvalue weighted by Crippen LogP contribution is 2.33. The van der Waals surface area contributed by atoms with Gasteiger partial charge in [-0.15, -0.1) is 0 Å². The van der Waals surface area contributed by atoms with Crippen LogP contribution in [0.2, 0.25) is 0 Å². The summed E-state index contributed by atoms with van der Waals surface area (Å²) in [7, 11) is 1.96. The van der Waals surface area contributed by atoms with Gasteiger partial charge in [-0.3, -0.25) is 9.48 Å². The predicted molar refractivity (Wildman–Crippen MR) is 97.1 cm³/mol. The van der Waals surface area contributed by atoms with Crippen LogP contribution in [0, 0.1) is 5.92 Å². The molecule has 0 aliphatic carbocycles. The van der Waals surface area contributed by atoms with Crippen LogP contribution in [0.3, 0.4) is 0 Å². The largest absolute Gasteiger partial charge is 0.372 e. The van der Waals surface area contributed by atoms with Crippen molar-refractivity contribution in [3.8, 4) is 0 Å². The van der Waals surface area contributed by atoms with Crippen molar-refractivity contribution in [2.45, 2.75) is 57.6 Å². The predicted octanol–water partition coefficient (Wildman–Crippen LogP) is 2.27. The van der Waals surface area contributed by atoms with E-state index in [0.717, 1.165) is 51.2 Å². The van der Waals surface area contributed by atoms with Crippen molar-refractivity contribution in [1.29, 1.82) is 0 Å². The molecule has 140 valence electrons. The molecule has 3 heterocycles. The molecule has 3 atom stereocenters. The summed E-state index contributed by atoms with van der Waals surface area (Å²) >= 11 is 0. The van der Waals surface area contributed by atoms with E-state index in [1.54, 1.807) is 0 Å². The molecule has 2 fully saturated rings. The third-order valence-electron chi connectivity index (χ3n) is 5.53. The summed E-state index contributed by atoms with van der Waals surface area (Å²) in [4.78, 5) is 14.6. The highest BCUT2D eigenvalue weighted by Gasteiger charge is 2.31. The molecule has 1 aromatic heterocycles. The van der Waals surface area contributed by atoms with E-state index in [2.05, 4.69) is 22.2 Å². The summed E-state index contributed by atoms with van der Waals surface area (Å²) in [5.41, 5.74) is 1.14. The fraction of sp³-hybridized carbons (Fsp3) is 0.789. The first-order valence-corrected chi connectivity index (χ1v) is 9.76. The van der Waals surface area contributed by atoms with E-state index in [9.17, 15) is 4.79 Å². The van der Waals surface area contributed by atoms with Gasteiger partial charge < -0.3 is 15.0 Å². The molecule has 2 aliphatic rings. The Bertz CT molecular complexity index is 551. The van der Waals surface area contributed by atoms with E-state index in [-0.39, 0.29) is 12.1 Å². The number of rotatable bonds is 6.